The number of nitrogens with zero attached hydrogens (tertiary/aromatic N) is 2. The number of carbonyl (C=O) groups is 1. The maximum absolute atomic E-state index is 12.1. The number of rotatable bonds is 5. The summed E-state index contributed by atoms with van der Waals surface area (Å²) in [6, 6.07) is 13.4. The molecule has 0 saturated carbocycles. The van der Waals surface area contributed by atoms with E-state index in [9.17, 15) is 4.79 Å². The first-order valence-electron chi connectivity index (χ1n) is 7.92. The number of esters is 1. The smallest absolute Gasteiger partial charge is 0.311 e. The van der Waals surface area contributed by atoms with Crippen LogP contribution in [0.2, 0.25) is 0 Å². The summed E-state index contributed by atoms with van der Waals surface area (Å²) in [7, 11) is 0. The molecular formula is C19H13BrN2O3S. The zero-order valence-electron chi connectivity index (χ0n) is 13.5. The molecule has 0 amide bonds. The molecule has 0 atom stereocenters. The Morgan fingerprint density at radius 1 is 1.12 bits per heavy atom. The van der Waals surface area contributed by atoms with Crippen molar-refractivity contribution in [2.75, 3.05) is 0 Å². The van der Waals surface area contributed by atoms with Crippen LogP contribution in [0.1, 0.15) is 12.3 Å². The Labute approximate surface area is 161 Å². The largest absolute Gasteiger partial charge is 0.426 e. The van der Waals surface area contributed by atoms with Gasteiger partial charge in [-0.2, -0.15) is 11.3 Å². The van der Waals surface area contributed by atoms with Gasteiger partial charge in [0.05, 0.1) is 6.42 Å². The van der Waals surface area contributed by atoms with Crippen molar-refractivity contribution in [1.29, 1.82) is 0 Å². The Morgan fingerprint density at radius 3 is 2.81 bits per heavy atom. The number of thiophene rings is 1. The summed E-state index contributed by atoms with van der Waals surface area (Å²) in [5.74, 6) is 1.08. The molecule has 4 aromatic rings. The molecule has 0 fully saturated rings. The van der Waals surface area contributed by atoms with Gasteiger partial charge in [-0.1, -0.05) is 28.1 Å². The topological polar surface area (TPSA) is 65.2 Å². The molecule has 4 rings (SSSR count). The number of aromatic nitrogens is 2. The first kappa shape index (κ1) is 16.9. The summed E-state index contributed by atoms with van der Waals surface area (Å²) < 4.78 is 12.0. The van der Waals surface area contributed by atoms with Crippen molar-refractivity contribution in [3.63, 3.8) is 0 Å². The van der Waals surface area contributed by atoms with Crippen LogP contribution in [0.5, 0.6) is 5.75 Å². The Bertz CT molecular complexity index is 1060. The Morgan fingerprint density at radius 2 is 1.96 bits per heavy atom. The van der Waals surface area contributed by atoms with Crippen LogP contribution < -0.4 is 4.74 Å². The monoisotopic (exact) mass is 428 g/mol. The molecule has 2 aromatic heterocycles. The highest BCUT2D eigenvalue weighted by molar-refractivity contribution is 9.10. The van der Waals surface area contributed by atoms with Crippen LogP contribution in [-0.2, 0) is 11.2 Å². The molecule has 5 nitrogen and oxygen atoms in total. The zero-order chi connectivity index (χ0) is 17.9. The van der Waals surface area contributed by atoms with Gasteiger partial charge < -0.3 is 9.15 Å². The highest BCUT2D eigenvalue weighted by atomic mass is 79.9. The van der Waals surface area contributed by atoms with E-state index in [1.54, 1.807) is 17.4 Å². The van der Waals surface area contributed by atoms with Crippen molar-refractivity contribution in [3.8, 4) is 17.2 Å². The maximum Gasteiger partial charge on any atom is 0.311 e. The molecule has 0 radical (unpaired) electrons. The third-order valence-corrected chi connectivity index (χ3v) is 4.96. The molecule has 0 saturated heterocycles. The van der Waals surface area contributed by atoms with E-state index in [4.69, 9.17) is 9.15 Å². The molecule has 130 valence electrons. The van der Waals surface area contributed by atoms with Gasteiger partial charge in [-0.15, -0.1) is 10.2 Å². The minimum absolute atomic E-state index is 0.170. The van der Waals surface area contributed by atoms with Crippen LogP contribution >= 0.6 is 27.3 Å². The highest BCUT2D eigenvalue weighted by Crippen LogP contribution is 2.25. The van der Waals surface area contributed by atoms with Gasteiger partial charge in [-0.05, 0) is 46.5 Å². The molecule has 2 aromatic carbocycles. The van der Waals surface area contributed by atoms with Gasteiger partial charge >= 0.3 is 5.97 Å². The first-order valence-corrected chi connectivity index (χ1v) is 9.66. The minimum atomic E-state index is -0.336. The van der Waals surface area contributed by atoms with E-state index in [0.717, 1.165) is 20.8 Å². The zero-order valence-corrected chi connectivity index (χ0v) is 15.9. The lowest BCUT2D eigenvalue weighted by Crippen LogP contribution is -2.09. The summed E-state index contributed by atoms with van der Waals surface area (Å²) in [6.07, 6.45) is 0.514. The molecule has 0 bridgehead atoms. The SMILES string of the molecule is O=C(CCc1nnc(-c2ccsc2)o1)Oc1ccc2cc(Br)ccc2c1. The first-order chi connectivity index (χ1) is 12.7. The van der Waals surface area contributed by atoms with Crippen LogP contribution in [-0.4, -0.2) is 16.2 Å². The number of carbonyl (C=O) groups excluding carboxylic acids is 1. The van der Waals surface area contributed by atoms with Gasteiger partial charge in [-0.3, -0.25) is 4.79 Å². The Kier molecular flexibility index (Phi) is 4.81. The normalized spacial score (nSPS) is 11.0. The fourth-order valence-electron chi connectivity index (χ4n) is 2.51. The van der Waals surface area contributed by atoms with E-state index in [1.165, 1.54) is 0 Å². The summed E-state index contributed by atoms with van der Waals surface area (Å²) in [4.78, 5) is 12.1. The van der Waals surface area contributed by atoms with Crippen molar-refractivity contribution >= 4 is 44.0 Å². The number of hydrogen-bond acceptors (Lipinski definition) is 6. The number of ether oxygens (including phenoxy) is 1. The lowest BCUT2D eigenvalue weighted by molar-refractivity contribution is -0.134. The average molecular weight is 429 g/mol. The van der Waals surface area contributed by atoms with E-state index < -0.39 is 0 Å². The third kappa shape index (κ3) is 3.84. The van der Waals surface area contributed by atoms with Crippen LogP contribution in [0.4, 0.5) is 0 Å². The second-order valence-electron chi connectivity index (χ2n) is 5.64. The number of fused-ring (bicyclic) bond motifs is 1. The van der Waals surface area contributed by atoms with E-state index in [-0.39, 0.29) is 12.4 Å². The van der Waals surface area contributed by atoms with Gasteiger partial charge in [0, 0.05) is 21.8 Å². The van der Waals surface area contributed by atoms with Crippen LogP contribution in [0.15, 0.2) is 62.1 Å². The van der Waals surface area contributed by atoms with Crippen molar-refractivity contribution in [2.24, 2.45) is 0 Å². The number of benzene rings is 2. The van der Waals surface area contributed by atoms with Gasteiger partial charge in [0.15, 0.2) is 0 Å². The highest BCUT2D eigenvalue weighted by Gasteiger charge is 2.12. The number of halogens is 1. The molecule has 26 heavy (non-hydrogen) atoms. The Hall–Kier alpha value is -2.51. The van der Waals surface area contributed by atoms with Crippen LogP contribution in [0, 0.1) is 0 Å². The quantitative estimate of drug-likeness (QED) is 0.320. The van der Waals surface area contributed by atoms with E-state index in [1.807, 2.05) is 47.2 Å². The number of hydrogen-bond donors (Lipinski definition) is 0. The van der Waals surface area contributed by atoms with Gasteiger partial charge in [-0.25, -0.2) is 0 Å². The summed E-state index contributed by atoms with van der Waals surface area (Å²) in [6.45, 7) is 0. The predicted octanol–water partition coefficient (Wildman–Crippen LogP) is 5.25. The van der Waals surface area contributed by atoms with Crippen LogP contribution in [0.3, 0.4) is 0 Å². The molecule has 0 spiro atoms. The molecule has 0 aliphatic carbocycles. The van der Waals surface area contributed by atoms with Crippen molar-refractivity contribution < 1.29 is 13.9 Å². The van der Waals surface area contributed by atoms with Crippen molar-refractivity contribution in [3.05, 3.63) is 63.6 Å². The maximum atomic E-state index is 12.1. The predicted molar refractivity (Wildman–Crippen MR) is 103 cm³/mol. The second-order valence-corrected chi connectivity index (χ2v) is 7.34. The molecule has 2 heterocycles. The molecule has 0 N–H and O–H groups in total. The van der Waals surface area contributed by atoms with Crippen molar-refractivity contribution in [2.45, 2.75) is 12.8 Å². The Balaban J connectivity index is 1.37. The average Bonchev–Trinajstić information content (AvgIpc) is 3.31. The summed E-state index contributed by atoms with van der Waals surface area (Å²) in [5, 5.41) is 13.9. The molecule has 0 aliphatic heterocycles. The molecule has 0 aliphatic rings. The van der Waals surface area contributed by atoms with Gasteiger partial charge in [0.1, 0.15) is 5.75 Å². The lowest BCUT2D eigenvalue weighted by Gasteiger charge is -2.05. The van der Waals surface area contributed by atoms with E-state index in [0.29, 0.717) is 24.0 Å². The molecular weight excluding hydrogens is 416 g/mol. The van der Waals surface area contributed by atoms with Crippen molar-refractivity contribution in [1.82, 2.24) is 10.2 Å². The number of aryl methyl sites for hydroxylation is 1. The lowest BCUT2D eigenvalue weighted by atomic mass is 10.1. The molecule has 7 heteroatoms. The molecule has 0 unspecified atom stereocenters. The summed E-state index contributed by atoms with van der Waals surface area (Å²) >= 11 is 5.00. The fourth-order valence-corrected chi connectivity index (χ4v) is 3.52. The second kappa shape index (κ2) is 7.39. The minimum Gasteiger partial charge on any atom is -0.426 e. The standard InChI is InChI=1S/C19H13BrN2O3S/c20-15-3-1-13-10-16(4-2-12(13)9-15)24-18(23)6-5-17-21-22-19(25-17)14-7-8-26-11-14/h1-4,7-11H,5-6H2. The van der Waals surface area contributed by atoms with Crippen LogP contribution in [0.25, 0.3) is 22.2 Å². The van der Waals surface area contributed by atoms with Gasteiger partial charge in [0.2, 0.25) is 11.8 Å². The van der Waals surface area contributed by atoms with E-state index in [2.05, 4.69) is 26.1 Å². The summed E-state index contributed by atoms with van der Waals surface area (Å²) in [5.41, 5.74) is 0.888. The van der Waals surface area contributed by atoms with Gasteiger partial charge in [0.25, 0.3) is 0 Å². The van der Waals surface area contributed by atoms with E-state index >= 15 is 0 Å². The third-order valence-electron chi connectivity index (χ3n) is 3.78. The fraction of sp³-hybridized carbons (Fsp3) is 0.105.